The van der Waals surface area contributed by atoms with Crippen molar-refractivity contribution in [2.24, 2.45) is 17.8 Å². The van der Waals surface area contributed by atoms with E-state index in [2.05, 4.69) is 59.3 Å². The molecule has 3 amide bonds. The van der Waals surface area contributed by atoms with E-state index in [0.29, 0.717) is 62.1 Å². The van der Waals surface area contributed by atoms with Gasteiger partial charge >= 0.3 is 0 Å². The molecule has 3 aromatic carbocycles. The molecule has 6 aromatic rings. The summed E-state index contributed by atoms with van der Waals surface area (Å²) in [5, 5.41) is 44.9. The molecule has 3 saturated carbocycles. The van der Waals surface area contributed by atoms with E-state index >= 15 is 0 Å². The fraction of sp³-hybridized carbons (Fsp3) is 0.603. The van der Waals surface area contributed by atoms with Gasteiger partial charge in [0.15, 0.2) is 0 Å². The Bertz CT molecular complexity index is 3380. The molecule has 4 N–H and O–H groups in total. The summed E-state index contributed by atoms with van der Waals surface area (Å²) in [7, 11) is 1.56. The zero-order valence-electron chi connectivity index (χ0n) is 52.3. The molecule has 9 fully saturated rings. The van der Waals surface area contributed by atoms with Crippen LogP contribution in [0.5, 0.6) is 11.5 Å². The van der Waals surface area contributed by atoms with Crippen LogP contribution < -0.4 is 20.7 Å². The monoisotopic (exact) mass is 1250 g/mol. The first-order valence-corrected chi connectivity index (χ1v) is 33.4. The summed E-state index contributed by atoms with van der Waals surface area (Å²) in [6.45, 7) is 4.77. The standard InChI is InChI=1S/C23H30N4O4.C23H30N4O3.C22H28N4O4/c1-29-20-10-6-5-9-17(20)23(28)24-18-13-30-22-19(14-31-21(18)22)27-12-16(25-26-27)11-15-7-3-2-4-8-15;1-15-6-5-9-17(10-15)23(28)24-19-13-29-22-20(14-30-21(19)22)27-12-18(25-26-27)11-16-7-3-2-4-8-16;27-17-8-6-15(7-9-17)22(28)23-18-12-29-21-19(13-30-20(18)21)26-11-16(24-25-26)10-14-4-2-1-3-5-14/h5-6,9-10,12,15,18-19,21-22H,2-4,7-8,11,13-14H2,1H3,(H,24,28);5-6,9-10,12,16,19-22H,2-4,7-8,11,13-14H2,1H3,(H,24,28);6-9,11,14,18-21,27H,1-5,10,12-13H2,(H,23,28)/t18-,19-,21+,22+;19-,20-,21+,22+;18-,19-,20+,21+/m000/s1. The molecule has 3 aliphatic carbocycles. The zero-order chi connectivity index (χ0) is 62.2. The molecule has 12 atom stereocenters. The van der Waals surface area contributed by atoms with Crippen LogP contribution in [0.1, 0.15) is 168 Å². The van der Waals surface area contributed by atoms with Gasteiger partial charge in [0.1, 0.15) is 66.2 Å². The zero-order valence-corrected chi connectivity index (χ0v) is 52.3. The average molecular weight is 1250 g/mol. The molecule has 9 aliphatic rings. The first-order valence-electron chi connectivity index (χ1n) is 33.4. The van der Waals surface area contributed by atoms with Gasteiger partial charge in [0.25, 0.3) is 17.7 Å². The lowest BCUT2D eigenvalue weighted by Crippen LogP contribution is -2.44. The van der Waals surface area contributed by atoms with Gasteiger partial charge in [0, 0.05) is 29.7 Å². The van der Waals surface area contributed by atoms with Crippen molar-refractivity contribution in [3.8, 4) is 11.5 Å². The molecule has 23 nitrogen and oxygen atoms in total. The Morgan fingerprint density at radius 1 is 0.473 bits per heavy atom. The van der Waals surface area contributed by atoms with Crippen molar-refractivity contribution in [1.82, 2.24) is 60.9 Å². The minimum absolute atomic E-state index is 0.00322. The van der Waals surface area contributed by atoms with E-state index in [0.717, 1.165) is 59.7 Å². The maximum atomic E-state index is 12.8. The smallest absolute Gasteiger partial charge is 0.255 e. The molecular formula is C68H88N12O11. The second kappa shape index (κ2) is 29.2. The number of carbonyl (C=O) groups excluding carboxylic acids is 3. The summed E-state index contributed by atoms with van der Waals surface area (Å²) in [4.78, 5) is 37.9. The molecule has 486 valence electrons. The highest BCUT2D eigenvalue weighted by Gasteiger charge is 2.52. The van der Waals surface area contributed by atoms with E-state index in [4.69, 9.17) is 33.2 Å². The van der Waals surface area contributed by atoms with Gasteiger partial charge in [-0.3, -0.25) is 14.4 Å². The third-order valence-electron chi connectivity index (χ3n) is 20.2. The molecule has 15 rings (SSSR count). The van der Waals surface area contributed by atoms with Crippen molar-refractivity contribution in [3.63, 3.8) is 0 Å². The minimum Gasteiger partial charge on any atom is -0.508 e. The van der Waals surface area contributed by atoms with Crippen LogP contribution in [0.3, 0.4) is 0 Å². The summed E-state index contributed by atoms with van der Waals surface area (Å²) in [6, 6.07) is 20.4. The number of benzene rings is 3. The van der Waals surface area contributed by atoms with Crippen molar-refractivity contribution < 1.29 is 52.6 Å². The number of aromatic hydroxyl groups is 1. The van der Waals surface area contributed by atoms with Crippen molar-refractivity contribution in [2.75, 3.05) is 46.8 Å². The first-order chi connectivity index (χ1) is 44.6. The molecule has 0 spiro atoms. The van der Waals surface area contributed by atoms with E-state index in [1.807, 2.05) is 63.6 Å². The third-order valence-corrected chi connectivity index (χ3v) is 20.2. The molecular weight excluding hydrogens is 1160 g/mol. The number of fused-ring (bicyclic) bond motifs is 3. The van der Waals surface area contributed by atoms with Crippen molar-refractivity contribution >= 4 is 17.7 Å². The lowest BCUT2D eigenvalue weighted by atomic mass is 9.86. The maximum absolute atomic E-state index is 12.8. The van der Waals surface area contributed by atoms with Crippen LogP contribution >= 0.6 is 0 Å². The highest BCUT2D eigenvalue weighted by Crippen LogP contribution is 2.38. The topological polar surface area (TPSA) is 264 Å². The Labute approximate surface area is 531 Å². The maximum Gasteiger partial charge on any atom is 0.255 e. The predicted octanol–water partition coefficient (Wildman–Crippen LogP) is 7.64. The van der Waals surface area contributed by atoms with Gasteiger partial charge in [0.05, 0.1) is 87.5 Å². The van der Waals surface area contributed by atoms with Gasteiger partial charge in [0.2, 0.25) is 0 Å². The van der Waals surface area contributed by atoms with Crippen LogP contribution in [-0.4, -0.2) is 169 Å². The third kappa shape index (κ3) is 14.9. The molecule has 91 heavy (non-hydrogen) atoms. The second-order valence-corrected chi connectivity index (χ2v) is 26.5. The fourth-order valence-electron chi connectivity index (χ4n) is 15.2. The van der Waals surface area contributed by atoms with Crippen LogP contribution in [0.15, 0.2) is 91.4 Å². The number of hydrogen-bond donors (Lipinski definition) is 4. The van der Waals surface area contributed by atoms with Crippen molar-refractivity contribution in [2.45, 2.75) is 195 Å². The van der Waals surface area contributed by atoms with Crippen LogP contribution in [0.25, 0.3) is 0 Å². The average Bonchev–Trinajstić information content (AvgIpc) is 2.11. The summed E-state index contributed by atoms with van der Waals surface area (Å²) in [5.41, 5.74) is 5.89. The Hall–Kier alpha value is -7.15. The summed E-state index contributed by atoms with van der Waals surface area (Å²) >= 11 is 0. The van der Waals surface area contributed by atoms with Gasteiger partial charge in [-0.25, -0.2) is 14.0 Å². The number of phenolic OH excluding ortho intramolecular Hbond substituents is 1. The number of nitrogens with one attached hydrogen (secondary N) is 3. The largest absolute Gasteiger partial charge is 0.508 e. The number of para-hydroxylation sites is 1. The summed E-state index contributed by atoms with van der Waals surface area (Å²) in [6.07, 6.45) is 28.0. The number of aryl methyl sites for hydroxylation is 1. The van der Waals surface area contributed by atoms with E-state index in [9.17, 15) is 19.5 Å². The Morgan fingerprint density at radius 3 is 1.29 bits per heavy atom. The SMILES string of the molecule is COc1ccccc1C(=O)N[C@H]1CO[C@H]2[C@@H]1OC[C@@H]2n1cc(CC2CCCCC2)nn1.Cc1cccc(C(=O)N[C@H]2CO[C@H]3[C@@H]2OC[C@@H]3n2cc(CC3CCCCC3)nn2)c1.O=C(N[C@H]1CO[C@H]2[C@@H]1OC[C@@H]2n1cc(CC2CCCCC2)nn1)c1ccc(O)cc1. The molecule has 0 bridgehead atoms. The normalized spacial score (nSPS) is 28.9. The molecule has 0 unspecified atom stereocenters. The van der Waals surface area contributed by atoms with Gasteiger partial charge < -0.3 is 54.2 Å². The number of ether oxygens (including phenoxy) is 7. The van der Waals surface area contributed by atoms with Gasteiger partial charge in [-0.2, -0.15) is 0 Å². The lowest BCUT2D eigenvalue weighted by Gasteiger charge is -2.20. The molecule has 3 aromatic heterocycles. The quantitative estimate of drug-likeness (QED) is 0.0725. The van der Waals surface area contributed by atoms with Crippen LogP contribution in [0.4, 0.5) is 0 Å². The molecule has 0 radical (unpaired) electrons. The number of hydrogen-bond acceptors (Lipinski definition) is 17. The van der Waals surface area contributed by atoms with Crippen LogP contribution in [0, 0.1) is 24.7 Å². The van der Waals surface area contributed by atoms with Crippen molar-refractivity contribution in [3.05, 3.63) is 131 Å². The number of phenols is 1. The Balaban J connectivity index is 0.000000125. The summed E-state index contributed by atoms with van der Waals surface area (Å²) < 4.78 is 47.2. The molecule has 6 saturated heterocycles. The fourth-order valence-corrected chi connectivity index (χ4v) is 15.2. The number of amides is 3. The Morgan fingerprint density at radius 2 is 0.868 bits per heavy atom. The highest BCUT2D eigenvalue weighted by molar-refractivity contribution is 5.97. The van der Waals surface area contributed by atoms with E-state index < -0.39 is 0 Å². The van der Waals surface area contributed by atoms with Gasteiger partial charge in [-0.15, -0.1) is 15.3 Å². The second-order valence-electron chi connectivity index (χ2n) is 26.5. The molecule has 9 heterocycles. The minimum atomic E-state index is -0.216. The van der Waals surface area contributed by atoms with Crippen LogP contribution in [-0.2, 0) is 47.7 Å². The lowest BCUT2D eigenvalue weighted by molar-refractivity contribution is 0.0613. The van der Waals surface area contributed by atoms with E-state index in [-0.39, 0.29) is 96.3 Å². The number of methoxy groups -OCH3 is 1. The van der Waals surface area contributed by atoms with Gasteiger partial charge in [-0.05, 0) is 92.5 Å². The molecule has 6 aliphatic heterocycles. The first kappa shape index (κ1) is 62.6. The Kier molecular flexibility index (Phi) is 20.1. The van der Waals surface area contributed by atoms with Crippen LogP contribution in [0.2, 0.25) is 0 Å². The van der Waals surface area contributed by atoms with E-state index in [1.165, 1.54) is 108 Å². The number of rotatable bonds is 16. The summed E-state index contributed by atoms with van der Waals surface area (Å²) in [5.74, 6) is 2.39. The van der Waals surface area contributed by atoms with Crippen molar-refractivity contribution in [1.29, 1.82) is 0 Å². The number of carbonyl (C=O) groups is 3. The molecule has 23 heteroatoms. The van der Waals surface area contributed by atoms with Gasteiger partial charge in [-0.1, -0.05) is 142 Å². The highest BCUT2D eigenvalue weighted by atomic mass is 16.6. The number of nitrogens with zero attached hydrogens (tertiary/aromatic N) is 9. The predicted molar refractivity (Wildman–Crippen MR) is 332 cm³/mol. The number of aromatic nitrogens is 9. The van der Waals surface area contributed by atoms with E-state index in [1.54, 1.807) is 31.4 Å².